The highest BCUT2D eigenvalue weighted by Crippen LogP contribution is 2.33. The first-order valence-corrected chi connectivity index (χ1v) is 11.3. The van der Waals surface area contributed by atoms with Crippen LogP contribution in [0, 0.1) is 0 Å². The predicted octanol–water partition coefficient (Wildman–Crippen LogP) is 7.30. The minimum atomic E-state index is -0.346. The minimum Gasteiger partial charge on any atom is -0.489 e. The van der Waals surface area contributed by atoms with E-state index in [2.05, 4.69) is 28.1 Å². The molecule has 0 atom stereocenters. The van der Waals surface area contributed by atoms with Gasteiger partial charge in [0.25, 0.3) is 0 Å². The summed E-state index contributed by atoms with van der Waals surface area (Å²) in [4.78, 5) is 12.5. The molecule has 0 bridgehead atoms. The van der Waals surface area contributed by atoms with Gasteiger partial charge in [-0.05, 0) is 78.4 Å². The first-order valence-electron chi connectivity index (χ1n) is 10.5. The van der Waals surface area contributed by atoms with Crippen LogP contribution >= 0.6 is 15.9 Å². The van der Waals surface area contributed by atoms with E-state index in [0.29, 0.717) is 23.8 Å². The quantitative estimate of drug-likeness (QED) is 0.283. The fraction of sp³-hybridized carbons (Fsp3) is 0.269. The van der Waals surface area contributed by atoms with Gasteiger partial charge in [0, 0.05) is 4.47 Å². The lowest BCUT2D eigenvalue weighted by Crippen LogP contribution is -2.09. The minimum absolute atomic E-state index is 0.346. The largest absolute Gasteiger partial charge is 0.489 e. The third-order valence-corrected chi connectivity index (χ3v) is 6.10. The normalized spacial score (nSPS) is 14.3. The van der Waals surface area contributed by atoms with Crippen molar-refractivity contribution in [1.82, 2.24) is 0 Å². The highest BCUT2D eigenvalue weighted by Gasteiger charge is 2.16. The summed E-state index contributed by atoms with van der Waals surface area (Å²) in [7, 11) is 0. The van der Waals surface area contributed by atoms with Crippen LogP contribution in [0.15, 0.2) is 77.3 Å². The van der Waals surface area contributed by atoms with Crippen molar-refractivity contribution in [3.05, 3.63) is 94.0 Å². The maximum atomic E-state index is 12.5. The molecule has 1 aliphatic rings. The van der Waals surface area contributed by atoms with E-state index in [4.69, 9.17) is 9.47 Å². The van der Waals surface area contributed by atoms with Crippen LogP contribution in [-0.2, 0) is 6.61 Å². The molecule has 4 heteroatoms. The van der Waals surface area contributed by atoms with Crippen molar-refractivity contribution in [2.24, 2.45) is 0 Å². The molecular weight excluding hydrogens is 440 g/mol. The molecule has 1 saturated carbocycles. The molecule has 0 amide bonds. The molecule has 30 heavy (non-hydrogen) atoms. The highest BCUT2D eigenvalue weighted by molar-refractivity contribution is 9.10. The lowest BCUT2D eigenvalue weighted by Gasteiger charge is -2.22. The fourth-order valence-electron chi connectivity index (χ4n) is 3.84. The maximum Gasteiger partial charge on any atom is 0.343 e. The van der Waals surface area contributed by atoms with E-state index in [1.165, 1.54) is 37.7 Å². The molecule has 1 fully saturated rings. The second-order valence-electron chi connectivity index (χ2n) is 7.73. The Labute approximate surface area is 186 Å². The van der Waals surface area contributed by atoms with Crippen LogP contribution in [0.25, 0.3) is 0 Å². The standard InChI is InChI=1S/C26H25BrO3/c27-23-12-16-24(17-13-23)29-18-19-6-8-22(9-7-19)26(28)30-25-14-10-21(11-15-25)20-4-2-1-3-5-20/h6-17,20H,1-5,18H2. The Morgan fingerprint density at radius 2 is 1.43 bits per heavy atom. The Morgan fingerprint density at radius 1 is 0.800 bits per heavy atom. The Morgan fingerprint density at radius 3 is 2.10 bits per heavy atom. The van der Waals surface area contributed by atoms with Gasteiger partial charge in [-0.25, -0.2) is 4.79 Å². The van der Waals surface area contributed by atoms with Crippen LogP contribution in [0.5, 0.6) is 11.5 Å². The molecule has 1 aliphatic carbocycles. The van der Waals surface area contributed by atoms with Crippen LogP contribution in [-0.4, -0.2) is 5.97 Å². The molecule has 4 rings (SSSR count). The van der Waals surface area contributed by atoms with Gasteiger partial charge >= 0.3 is 5.97 Å². The molecule has 3 aromatic carbocycles. The molecule has 0 N–H and O–H groups in total. The zero-order chi connectivity index (χ0) is 20.8. The van der Waals surface area contributed by atoms with Gasteiger partial charge in [0.15, 0.2) is 0 Å². The topological polar surface area (TPSA) is 35.5 Å². The van der Waals surface area contributed by atoms with Crippen molar-refractivity contribution in [2.75, 3.05) is 0 Å². The monoisotopic (exact) mass is 464 g/mol. The van der Waals surface area contributed by atoms with E-state index in [0.717, 1.165) is 15.8 Å². The third kappa shape index (κ3) is 5.51. The van der Waals surface area contributed by atoms with Gasteiger partial charge in [0.1, 0.15) is 18.1 Å². The van der Waals surface area contributed by atoms with Gasteiger partial charge in [-0.3, -0.25) is 0 Å². The Hall–Kier alpha value is -2.59. The molecule has 3 aromatic rings. The molecule has 0 heterocycles. The lowest BCUT2D eigenvalue weighted by molar-refractivity contribution is 0.0734. The zero-order valence-electron chi connectivity index (χ0n) is 16.9. The van der Waals surface area contributed by atoms with Gasteiger partial charge < -0.3 is 9.47 Å². The van der Waals surface area contributed by atoms with Crippen LogP contribution in [0.1, 0.15) is 59.5 Å². The molecule has 0 unspecified atom stereocenters. The summed E-state index contributed by atoms with van der Waals surface area (Å²) in [5.74, 6) is 1.69. The molecule has 154 valence electrons. The number of carbonyl (C=O) groups excluding carboxylic acids is 1. The SMILES string of the molecule is O=C(Oc1ccc(C2CCCCC2)cc1)c1ccc(COc2ccc(Br)cc2)cc1. The second-order valence-corrected chi connectivity index (χ2v) is 8.65. The van der Waals surface area contributed by atoms with Gasteiger partial charge in [-0.2, -0.15) is 0 Å². The Balaban J connectivity index is 1.31. The summed E-state index contributed by atoms with van der Waals surface area (Å²) in [6, 6.07) is 23.0. The summed E-state index contributed by atoms with van der Waals surface area (Å²) in [5.41, 5.74) is 2.87. The molecule has 0 saturated heterocycles. The number of hydrogen-bond acceptors (Lipinski definition) is 3. The average Bonchev–Trinajstić information content (AvgIpc) is 2.80. The smallest absolute Gasteiger partial charge is 0.343 e. The van der Waals surface area contributed by atoms with Gasteiger partial charge in [-0.15, -0.1) is 0 Å². The zero-order valence-corrected chi connectivity index (χ0v) is 18.4. The van der Waals surface area contributed by atoms with Gasteiger partial charge in [-0.1, -0.05) is 59.5 Å². The first kappa shape index (κ1) is 20.7. The first-order chi connectivity index (χ1) is 14.7. The molecule has 0 aliphatic heterocycles. The van der Waals surface area contributed by atoms with Gasteiger partial charge in [0.2, 0.25) is 0 Å². The summed E-state index contributed by atoms with van der Waals surface area (Å²) in [5, 5.41) is 0. The fourth-order valence-corrected chi connectivity index (χ4v) is 4.11. The van der Waals surface area contributed by atoms with Crippen molar-refractivity contribution in [3.63, 3.8) is 0 Å². The molecule has 3 nitrogen and oxygen atoms in total. The van der Waals surface area contributed by atoms with Crippen LogP contribution in [0.4, 0.5) is 0 Å². The maximum absolute atomic E-state index is 12.5. The highest BCUT2D eigenvalue weighted by atomic mass is 79.9. The molecule has 0 spiro atoms. The summed E-state index contributed by atoms with van der Waals surface area (Å²) >= 11 is 3.41. The Kier molecular flexibility index (Phi) is 6.85. The van der Waals surface area contributed by atoms with Crippen molar-refractivity contribution < 1.29 is 14.3 Å². The summed E-state index contributed by atoms with van der Waals surface area (Å²) in [6.45, 7) is 0.444. The van der Waals surface area contributed by atoms with E-state index in [-0.39, 0.29) is 5.97 Å². The summed E-state index contributed by atoms with van der Waals surface area (Å²) < 4.78 is 12.3. The average molecular weight is 465 g/mol. The van der Waals surface area contributed by atoms with Crippen LogP contribution < -0.4 is 9.47 Å². The number of rotatable bonds is 6. The van der Waals surface area contributed by atoms with E-state index < -0.39 is 0 Å². The van der Waals surface area contributed by atoms with Crippen molar-refractivity contribution in [1.29, 1.82) is 0 Å². The number of ether oxygens (including phenoxy) is 2. The van der Waals surface area contributed by atoms with E-state index in [9.17, 15) is 4.79 Å². The van der Waals surface area contributed by atoms with E-state index in [1.54, 1.807) is 12.1 Å². The van der Waals surface area contributed by atoms with Crippen molar-refractivity contribution in [3.8, 4) is 11.5 Å². The summed E-state index contributed by atoms with van der Waals surface area (Å²) in [6.07, 6.45) is 6.49. The van der Waals surface area contributed by atoms with Crippen molar-refractivity contribution in [2.45, 2.75) is 44.6 Å². The van der Waals surface area contributed by atoms with Crippen LogP contribution in [0.3, 0.4) is 0 Å². The predicted molar refractivity (Wildman–Crippen MR) is 122 cm³/mol. The Bertz CT molecular complexity index is 957. The second kappa shape index (κ2) is 9.94. The third-order valence-electron chi connectivity index (χ3n) is 5.58. The molecule has 0 aromatic heterocycles. The number of halogens is 1. The number of carbonyl (C=O) groups is 1. The van der Waals surface area contributed by atoms with Crippen molar-refractivity contribution >= 4 is 21.9 Å². The number of hydrogen-bond donors (Lipinski definition) is 0. The van der Waals surface area contributed by atoms with Gasteiger partial charge in [0.05, 0.1) is 5.56 Å². The van der Waals surface area contributed by atoms with E-state index in [1.807, 2.05) is 48.5 Å². The number of esters is 1. The van der Waals surface area contributed by atoms with Crippen LogP contribution in [0.2, 0.25) is 0 Å². The molecular formula is C26H25BrO3. The number of benzene rings is 3. The molecule has 0 radical (unpaired) electrons. The lowest BCUT2D eigenvalue weighted by atomic mass is 9.84. The van der Waals surface area contributed by atoms with E-state index >= 15 is 0 Å².